The first-order valence-corrected chi connectivity index (χ1v) is 7.70. The Morgan fingerprint density at radius 1 is 1.22 bits per heavy atom. The molecule has 0 saturated carbocycles. The minimum atomic E-state index is -0.428. The first kappa shape index (κ1) is 14.2. The van der Waals surface area contributed by atoms with Crippen LogP contribution in [0, 0.1) is 0 Å². The fourth-order valence-corrected chi connectivity index (χ4v) is 2.78. The summed E-state index contributed by atoms with van der Waals surface area (Å²) in [7, 11) is 0. The van der Waals surface area contributed by atoms with Gasteiger partial charge in [-0.25, -0.2) is 4.31 Å². The van der Waals surface area contributed by atoms with Gasteiger partial charge in [-0.15, -0.1) is 0 Å². The van der Waals surface area contributed by atoms with Crippen LogP contribution in [0.2, 0.25) is 5.02 Å². The molecule has 1 heterocycles. The van der Waals surface area contributed by atoms with Gasteiger partial charge in [0.2, 0.25) is 0 Å². The van der Waals surface area contributed by atoms with Crippen molar-refractivity contribution in [1.82, 2.24) is 9.21 Å². The Kier molecular flexibility index (Phi) is 5.33. The standard InChI is InChI=1S/C13H19ClN2OS/c1-18-16-8-6-15(7-9-16)10-13(17)11-2-4-12(14)5-3-11/h2-5,13,17H,6-10H2,1H3. The van der Waals surface area contributed by atoms with Crippen LogP contribution in [0.1, 0.15) is 11.7 Å². The summed E-state index contributed by atoms with van der Waals surface area (Å²) in [5, 5.41) is 10.9. The summed E-state index contributed by atoms with van der Waals surface area (Å²) in [6.07, 6.45) is 1.68. The van der Waals surface area contributed by atoms with Gasteiger partial charge < -0.3 is 5.11 Å². The Hall–Kier alpha value is -0.260. The molecular formula is C13H19ClN2OS. The van der Waals surface area contributed by atoms with Crippen LogP contribution in [-0.4, -0.2) is 53.3 Å². The molecule has 1 aliphatic heterocycles. The molecule has 100 valence electrons. The van der Waals surface area contributed by atoms with Crippen LogP contribution in [0.5, 0.6) is 0 Å². The SMILES string of the molecule is CSN1CCN(CC(O)c2ccc(Cl)cc2)CC1. The van der Waals surface area contributed by atoms with Gasteiger partial charge in [0, 0.05) is 37.7 Å². The average molecular weight is 287 g/mol. The second-order valence-corrected chi connectivity index (χ2v) is 5.80. The third kappa shape index (κ3) is 3.87. The average Bonchev–Trinajstić information content (AvgIpc) is 2.40. The molecular weight excluding hydrogens is 268 g/mol. The third-order valence-corrected chi connectivity index (χ3v) is 4.41. The van der Waals surface area contributed by atoms with Crippen LogP contribution in [0.15, 0.2) is 24.3 Å². The Bertz CT molecular complexity index is 366. The maximum atomic E-state index is 10.2. The smallest absolute Gasteiger partial charge is 0.0916 e. The minimum absolute atomic E-state index is 0.428. The lowest BCUT2D eigenvalue weighted by Gasteiger charge is -2.34. The van der Waals surface area contributed by atoms with E-state index in [-0.39, 0.29) is 0 Å². The highest BCUT2D eigenvalue weighted by Crippen LogP contribution is 2.19. The van der Waals surface area contributed by atoms with Crippen molar-refractivity contribution in [3.8, 4) is 0 Å². The second kappa shape index (κ2) is 6.78. The Morgan fingerprint density at radius 3 is 2.39 bits per heavy atom. The molecule has 1 saturated heterocycles. The topological polar surface area (TPSA) is 26.7 Å². The zero-order valence-corrected chi connectivity index (χ0v) is 12.1. The van der Waals surface area contributed by atoms with Crippen LogP contribution in [0.4, 0.5) is 0 Å². The van der Waals surface area contributed by atoms with E-state index in [2.05, 4.69) is 15.5 Å². The van der Waals surface area contributed by atoms with Gasteiger partial charge in [-0.05, 0) is 24.0 Å². The van der Waals surface area contributed by atoms with Gasteiger partial charge in [0.25, 0.3) is 0 Å². The molecule has 3 nitrogen and oxygen atoms in total. The maximum absolute atomic E-state index is 10.2. The zero-order chi connectivity index (χ0) is 13.0. The predicted molar refractivity (Wildman–Crippen MR) is 77.9 cm³/mol. The molecule has 0 spiro atoms. The molecule has 0 aromatic heterocycles. The number of hydrogen-bond donors (Lipinski definition) is 1. The van der Waals surface area contributed by atoms with E-state index in [1.54, 1.807) is 11.9 Å². The second-order valence-electron chi connectivity index (χ2n) is 4.48. The van der Waals surface area contributed by atoms with Crippen molar-refractivity contribution in [2.75, 3.05) is 39.0 Å². The highest BCUT2D eigenvalue weighted by molar-refractivity contribution is 7.96. The molecule has 0 aliphatic carbocycles. The van der Waals surface area contributed by atoms with Crippen molar-refractivity contribution in [1.29, 1.82) is 0 Å². The van der Waals surface area contributed by atoms with Crippen LogP contribution >= 0.6 is 23.5 Å². The number of nitrogens with zero attached hydrogens (tertiary/aromatic N) is 2. The fraction of sp³-hybridized carbons (Fsp3) is 0.538. The van der Waals surface area contributed by atoms with Crippen molar-refractivity contribution >= 4 is 23.5 Å². The number of benzene rings is 1. The summed E-state index contributed by atoms with van der Waals surface area (Å²) in [6.45, 7) is 4.86. The van der Waals surface area contributed by atoms with Crippen LogP contribution in [-0.2, 0) is 0 Å². The highest BCUT2D eigenvalue weighted by Gasteiger charge is 2.19. The maximum Gasteiger partial charge on any atom is 0.0916 e. The van der Waals surface area contributed by atoms with Gasteiger partial charge in [0.15, 0.2) is 0 Å². The van der Waals surface area contributed by atoms with E-state index in [0.29, 0.717) is 11.6 Å². The Balaban J connectivity index is 1.84. The predicted octanol–water partition coefficient (Wildman–Crippen LogP) is 2.27. The molecule has 18 heavy (non-hydrogen) atoms. The highest BCUT2D eigenvalue weighted by atomic mass is 35.5. The first-order chi connectivity index (χ1) is 8.69. The fourth-order valence-electron chi connectivity index (χ4n) is 2.13. The molecule has 5 heteroatoms. The van der Waals surface area contributed by atoms with Crippen LogP contribution < -0.4 is 0 Å². The Morgan fingerprint density at radius 2 is 1.83 bits per heavy atom. The number of aliphatic hydroxyl groups excluding tert-OH is 1. The summed E-state index contributed by atoms with van der Waals surface area (Å²) >= 11 is 7.63. The van der Waals surface area contributed by atoms with E-state index in [9.17, 15) is 5.11 Å². The Labute approximate surface area is 118 Å². The lowest BCUT2D eigenvalue weighted by molar-refractivity contribution is 0.0940. The molecule has 0 radical (unpaired) electrons. The van der Waals surface area contributed by atoms with E-state index in [1.807, 2.05) is 24.3 Å². The first-order valence-electron chi connectivity index (χ1n) is 6.14. The number of rotatable bonds is 4. The molecule has 1 aromatic rings. The van der Waals surface area contributed by atoms with Crippen molar-refractivity contribution in [2.24, 2.45) is 0 Å². The number of β-amino-alcohol motifs (C(OH)–C–C–N with tert-alkyl or cyclic N) is 1. The van der Waals surface area contributed by atoms with Gasteiger partial charge in [-0.1, -0.05) is 35.7 Å². The van der Waals surface area contributed by atoms with Crippen molar-refractivity contribution in [3.05, 3.63) is 34.9 Å². The lowest BCUT2D eigenvalue weighted by atomic mass is 10.1. The monoisotopic (exact) mass is 286 g/mol. The van der Waals surface area contributed by atoms with Crippen LogP contribution in [0.25, 0.3) is 0 Å². The van der Waals surface area contributed by atoms with E-state index in [0.717, 1.165) is 31.7 Å². The number of aliphatic hydroxyl groups is 1. The van der Waals surface area contributed by atoms with Crippen molar-refractivity contribution < 1.29 is 5.11 Å². The van der Waals surface area contributed by atoms with E-state index in [4.69, 9.17) is 11.6 Å². The molecule has 1 aromatic carbocycles. The minimum Gasteiger partial charge on any atom is -0.387 e. The normalized spacial score (nSPS) is 19.9. The lowest BCUT2D eigenvalue weighted by Crippen LogP contribution is -2.44. The molecule has 1 atom stereocenters. The van der Waals surface area contributed by atoms with Gasteiger partial charge in [-0.3, -0.25) is 4.90 Å². The van der Waals surface area contributed by atoms with Gasteiger partial charge in [0.1, 0.15) is 0 Å². The van der Waals surface area contributed by atoms with E-state index >= 15 is 0 Å². The largest absolute Gasteiger partial charge is 0.387 e. The van der Waals surface area contributed by atoms with Gasteiger partial charge in [-0.2, -0.15) is 0 Å². The third-order valence-electron chi connectivity index (χ3n) is 3.28. The van der Waals surface area contributed by atoms with Crippen molar-refractivity contribution in [2.45, 2.75) is 6.10 Å². The number of piperazine rings is 1. The molecule has 1 fully saturated rings. The molecule has 1 aliphatic rings. The van der Waals surface area contributed by atoms with E-state index in [1.165, 1.54) is 0 Å². The zero-order valence-electron chi connectivity index (χ0n) is 10.6. The molecule has 2 rings (SSSR count). The summed E-state index contributed by atoms with van der Waals surface area (Å²) in [5.41, 5.74) is 0.937. The molecule has 1 N–H and O–H groups in total. The quantitative estimate of drug-likeness (QED) is 0.859. The van der Waals surface area contributed by atoms with Crippen LogP contribution in [0.3, 0.4) is 0 Å². The van der Waals surface area contributed by atoms with Crippen molar-refractivity contribution in [3.63, 3.8) is 0 Å². The summed E-state index contributed by atoms with van der Waals surface area (Å²) < 4.78 is 2.35. The van der Waals surface area contributed by atoms with Gasteiger partial charge in [0.05, 0.1) is 6.10 Å². The number of halogens is 1. The molecule has 0 amide bonds. The van der Waals surface area contributed by atoms with E-state index < -0.39 is 6.10 Å². The van der Waals surface area contributed by atoms with Gasteiger partial charge >= 0.3 is 0 Å². The number of hydrogen-bond acceptors (Lipinski definition) is 4. The summed E-state index contributed by atoms with van der Waals surface area (Å²) in [4.78, 5) is 2.31. The summed E-state index contributed by atoms with van der Waals surface area (Å²) in [6, 6.07) is 7.44. The molecule has 0 bridgehead atoms. The molecule has 1 unspecified atom stereocenters. The summed E-state index contributed by atoms with van der Waals surface area (Å²) in [5.74, 6) is 0.